The maximum Gasteiger partial charge on any atom is 0.338 e. The SMILES string of the molecule is C=C(C)[C@@H]1CC[C@]2(C(=O)C(=O)NCCN3CCS(=O)(=O)CC3)CC[C@]3(C)[C@H](CC[C@@H]4[C@@]5(C)CC=C(c6ccc(C(=O)OC(C)(C)C)cc6)C(C)(C)[C@@H]5CC[C@]43C)[C@@H]12. The Hall–Kier alpha value is -2.78. The first-order valence-electron chi connectivity index (χ1n) is 21.9. The van der Waals surface area contributed by atoms with Crippen molar-refractivity contribution in [1.82, 2.24) is 10.2 Å². The van der Waals surface area contributed by atoms with Crippen LogP contribution in [0.4, 0.5) is 0 Å². The van der Waals surface area contributed by atoms with Gasteiger partial charge in [0.05, 0.1) is 17.1 Å². The van der Waals surface area contributed by atoms with Crippen LogP contribution in [0, 0.1) is 56.7 Å². The molecule has 57 heavy (non-hydrogen) atoms. The van der Waals surface area contributed by atoms with Crippen LogP contribution in [0.2, 0.25) is 0 Å². The average molecular weight is 803 g/mol. The molecule has 314 valence electrons. The Bertz CT molecular complexity index is 1930. The number of sulfone groups is 1. The highest BCUT2D eigenvalue weighted by Gasteiger charge is 2.71. The number of nitrogens with zero attached hydrogens (tertiary/aromatic N) is 1. The van der Waals surface area contributed by atoms with Crippen molar-refractivity contribution in [2.24, 2.45) is 56.7 Å². The van der Waals surface area contributed by atoms with Crippen LogP contribution in [0.3, 0.4) is 0 Å². The predicted octanol–water partition coefficient (Wildman–Crippen LogP) is 8.71. The van der Waals surface area contributed by atoms with Crippen molar-refractivity contribution in [3.05, 3.63) is 53.6 Å². The van der Waals surface area contributed by atoms with Crippen LogP contribution in [0.15, 0.2) is 42.5 Å². The van der Waals surface area contributed by atoms with E-state index in [0.29, 0.717) is 49.5 Å². The van der Waals surface area contributed by atoms with Gasteiger partial charge in [0.2, 0.25) is 5.78 Å². The Morgan fingerprint density at radius 1 is 0.877 bits per heavy atom. The number of Topliss-reactive ketones (excluding diaryl/α,β-unsaturated/α-hetero) is 1. The van der Waals surface area contributed by atoms with Crippen molar-refractivity contribution in [3.63, 3.8) is 0 Å². The van der Waals surface area contributed by atoms with Crippen molar-refractivity contribution in [2.75, 3.05) is 37.7 Å². The number of carbonyl (C=O) groups is 3. The monoisotopic (exact) mass is 802 g/mol. The maximum atomic E-state index is 14.6. The van der Waals surface area contributed by atoms with Crippen LogP contribution in [0.5, 0.6) is 0 Å². The number of ether oxygens (including phenoxy) is 1. The van der Waals surface area contributed by atoms with Gasteiger partial charge >= 0.3 is 5.97 Å². The minimum atomic E-state index is -2.97. The number of benzene rings is 1. The van der Waals surface area contributed by atoms with Crippen molar-refractivity contribution >= 4 is 33.1 Å². The number of allylic oxidation sites excluding steroid dienone is 3. The Kier molecular flexibility index (Phi) is 10.7. The first-order valence-corrected chi connectivity index (χ1v) is 23.8. The zero-order valence-corrected chi connectivity index (χ0v) is 37.2. The molecule has 0 aromatic heterocycles. The zero-order chi connectivity index (χ0) is 41.6. The molecule has 1 aliphatic heterocycles. The van der Waals surface area contributed by atoms with Gasteiger partial charge in [-0.05, 0) is 160 Å². The molecular weight excluding hydrogens is 733 g/mol. The molecular formula is C48H70N2O6S. The number of nitrogens with one attached hydrogen (secondary N) is 1. The molecule has 4 saturated carbocycles. The number of amides is 1. The highest BCUT2D eigenvalue weighted by molar-refractivity contribution is 7.91. The molecule has 6 aliphatic rings. The van der Waals surface area contributed by atoms with Gasteiger partial charge in [0.1, 0.15) is 5.60 Å². The van der Waals surface area contributed by atoms with E-state index in [4.69, 9.17) is 4.74 Å². The third-order valence-electron chi connectivity index (χ3n) is 17.3. The first kappa shape index (κ1) is 42.3. The molecule has 8 nitrogen and oxygen atoms in total. The first-order chi connectivity index (χ1) is 26.5. The van der Waals surface area contributed by atoms with Crippen LogP contribution in [-0.4, -0.2) is 74.3 Å². The molecule has 1 aromatic rings. The van der Waals surface area contributed by atoms with Crippen LogP contribution >= 0.6 is 0 Å². The van der Waals surface area contributed by atoms with Crippen molar-refractivity contribution in [3.8, 4) is 0 Å². The molecule has 0 spiro atoms. The Morgan fingerprint density at radius 3 is 2.18 bits per heavy atom. The molecule has 1 amide bonds. The smallest absolute Gasteiger partial charge is 0.338 e. The lowest BCUT2D eigenvalue weighted by molar-refractivity contribution is -0.224. The van der Waals surface area contributed by atoms with E-state index in [-0.39, 0.29) is 56.8 Å². The number of hydrogen-bond acceptors (Lipinski definition) is 7. The summed E-state index contributed by atoms with van der Waals surface area (Å²) < 4.78 is 29.4. The predicted molar refractivity (Wildman–Crippen MR) is 227 cm³/mol. The number of esters is 1. The second kappa shape index (κ2) is 14.4. The van der Waals surface area contributed by atoms with Crippen molar-refractivity contribution < 1.29 is 27.5 Å². The molecule has 1 heterocycles. The van der Waals surface area contributed by atoms with Gasteiger partial charge in [-0.1, -0.05) is 65.0 Å². The Morgan fingerprint density at radius 2 is 1.54 bits per heavy atom. The third-order valence-corrected chi connectivity index (χ3v) is 18.9. The van der Waals surface area contributed by atoms with Crippen LogP contribution in [0.25, 0.3) is 5.57 Å². The van der Waals surface area contributed by atoms with E-state index in [9.17, 15) is 22.8 Å². The highest BCUT2D eigenvalue weighted by Crippen LogP contribution is 2.77. The van der Waals surface area contributed by atoms with E-state index in [2.05, 4.69) is 76.5 Å². The van der Waals surface area contributed by atoms with Gasteiger partial charge in [0.25, 0.3) is 5.91 Å². The largest absolute Gasteiger partial charge is 0.456 e. The molecule has 0 radical (unpaired) electrons. The van der Waals surface area contributed by atoms with Gasteiger partial charge in [-0.3, -0.25) is 14.5 Å². The van der Waals surface area contributed by atoms with Crippen molar-refractivity contribution in [2.45, 2.75) is 126 Å². The summed E-state index contributed by atoms with van der Waals surface area (Å²) in [6.07, 6.45) is 11.4. The minimum Gasteiger partial charge on any atom is -0.456 e. The molecule has 9 atom stereocenters. The van der Waals surface area contributed by atoms with Gasteiger partial charge < -0.3 is 10.1 Å². The summed E-state index contributed by atoms with van der Waals surface area (Å²) in [6.45, 7) is 26.8. The van der Waals surface area contributed by atoms with Gasteiger partial charge in [0.15, 0.2) is 9.84 Å². The lowest BCUT2D eigenvalue weighted by Crippen LogP contribution is -2.66. The maximum absolute atomic E-state index is 14.6. The molecule has 7 rings (SSSR count). The quantitative estimate of drug-likeness (QED) is 0.159. The van der Waals surface area contributed by atoms with Gasteiger partial charge in [-0.15, -0.1) is 0 Å². The van der Waals surface area contributed by atoms with Gasteiger partial charge in [-0.25, -0.2) is 13.2 Å². The number of ketones is 1. The summed E-state index contributed by atoms with van der Waals surface area (Å²) in [5, 5.41) is 2.98. The van der Waals surface area contributed by atoms with E-state index >= 15 is 0 Å². The molecule has 1 N–H and O–H groups in total. The Labute approximate surface area is 343 Å². The summed E-state index contributed by atoms with van der Waals surface area (Å²) in [6, 6.07) is 8.04. The van der Waals surface area contributed by atoms with E-state index in [1.807, 2.05) is 32.9 Å². The molecule has 1 saturated heterocycles. The number of carbonyl (C=O) groups excluding carboxylic acids is 3. The summed E-state index contributed by atoms with van der Waals surface area (Å²) in [5.41, 5.74) is 3.29. The normalized spacial score (nSPS) is 38.3. The lowest BCUT2D eigenvalue weighted by Gasteiger charge is -2.72. The molecule has 0 unspecified atom stereocenters. The number of hydrogen-bond donors (Lipinski definition) is 1. The zero-order valence-electron chi connectivity index (χ0n) is 36.4. The highest BCUT2D eigenvalue weighted by atomic mass is 32.2. The van der Waals surface area contributed by atoms with Gasteiger partial charge in [0, 0.05) is 31.6 Å². The van der Waals surface area contributed by atoms with Crippen LogP contribution in [-0.2, 0) is 24.2 Å². The lowest BCUT2D eigenvalue weighted by atomic mass is 9.32. The van der Waals surface area contributed by atoms with Crippen LogP contribution in [0.1, 0.15) is 136 Å². The summed E-state index contributed by atoms with van der Waals surface area (Å²) >= 11 is 0. The number of fused-ring (bicyclic) bond motifs is 7. The van der Waals surface area contributed by atoms with Gasteiger partial charge in [-0.2, -0.15) is 0 Å². The average Bonchev–Trinajstić information content (AvgIpc) is 3.53. The van der Waals surface area contributed by atoms with Crippen molar-refractivity contribution in [1.29, 1.82) is 0 Å². The van der Waals surface area contributed by atoms with E-state index < -0.39 is 26.8 Å². The second-order valence-electron chi connectivity index (χ2n) is 21.5. The van der Waals surface area contributed by atoms with E-state index in [0.717, 1.165) is 63.4 Å². The summed E-state index contributed by atoms with van der Waals surface area (Å²) in [5.74, 6) is 1.04. The van der Waals surface area contributed by atoms with E-state index in [1.165, 1.54) is 11.1 Å². The summed E-state index contributed by atoms with van der Waals surface area (Å²) in [7, 11) is -2.97. The summed E-state index contributed by atoms with van der Waals surface area (Å²) in [4.78, 5) is 43.2. The molecule has 0 bridgehead atoms. The number of rotatable bonds is 8. The third kappa shape index (κ3) is 7.00. The molecule has 1 aromatic carbocycles. The topological polar surface area (TPSA) is 110 Å². The minimum absolute atomic E-state index is 0.0348. The fourth-order valence-electron chi connectivity index (χ4n) is 14.4. The fourth-order valence-corrected chi connectivity index (χ4v) is 15.6. The molecule has 9 heteroatoms. The molecule has 5 aliphatic carbocycles. The second-order valence-corrected chi connectivity index (χ2v) is 23.8. The van der Waals surface area contributed by atoms with E-state index in [1.54, 1.807) is 0 Å². The Balaban J connectivity index is 1.11. The van der Waals surface area contributed by atoms with Crippen LogP contribution < -0.4 is 5.32 Å². The standard InChI is InChI=1S/C48H70N2O6S/c1-31(2)34-17-22-48(40(51)41(52)49-25-26-50-27-29-57(54,55)30-28-50)24-23-46(9)36(39(34)48)15-16-38-45(8)20-18-35(44(6,7)37(45)19-21-47(38,46)10)32-11-13-33(14-12-32)42(53)56-43(3,4)5/h11-14,18,34,36-39H,1,15-17,19-30H2,2-10H3,(H,49,52)/t34-,36+,37-,38+,39+,45-,46+,47+,48-/m0/s1. The molecule has 5 fully saturated rings. The fraction of sp³-hybridized carbons (Fsp3) is 0.729.